The van der Waals surface area contributed by atoms with Gasteiger partial charge in [-0.1, -0.05) is 29.3 Å². The molecule has 0 bridgehead atoms. The SMILES string of the molecule is O=c1n(Cc2nc(CO)n(-c3cccc(Cl)c3)n2)nc(-c2ccc(Cl)cc2)n1CCC(F)(F)F. The van der Waals surface area contributed by atoms with Gasteiger partial charge in [-0.3, -0.25) is 4.57 Å². The van der Waals surface area contributed by atoms with Crippen molar-refractivity contribution in [1.29, 1.82) is 0 Å². The molecule has 34 heavy (non-hydrogen) atoms. The van der Waals surface area contributed by atoms with Crippen LogP contribution in [0.4, 0.5) is 13.2 Å². The molecule has 0 saturated heterocycles. The molecule has 1 N–H and O–H groups in total. The van der Waals surface area contributed by atoms with Crippen LogP contribution in [0.1, 0.15) is 18.1 Å². The minimum atomic E-state index is -4.45. The predicted octanol–water partition coefficient (Wildman–Crippen LogP) is 4.09. The summed E-state index contributed by atoms with van der Waals surface area (Å²) >= 11 is 11.9. The highest BCUT2D eigenvalue weighted by atomic mass is 35.5. The molecule has 2 aromatic heterocycles. The normalized spacial score (nSPS) is 11.8. The molecule has 178 valence electrons. The van der Waals surface area contributed by atoms with E-state index in [9.17, 15) is 23.1 Å². The van der Waals surface area contributed by atoms with Gasteiger partial charge in [0.2, 0.25) is 0 Å². The van der Waals surface area contributed by atoms with Crippen LogP contribution in [0.5, 0.6) is 0 Å². The first kappa shape index (κ1) is 24.0. The molecular formula is C21H17Cl2F3N6O2. The van der Waals surface area contributed by atoms with Gasteiger partial charge in [-0.05, 0) is 42.5 Å². The fourth-order valence-corrected chi connectivity index (χ4v) is 3.62. The van der Waals surface area contributed by atoms with Crippen molar-refractivity contribution >= 4 is 23.2 Å². The minimum Gasteiger partial charge on any atom is -0.388 e. The average Bonchev–Trinajstić information content (AvgIpc) is 3.33. The number of alkyl halides is 3. The van der Waals surface area contributed by atoms with E-state index in [4.69, 9.17) is 23.2 Å². The Hall–Kier alpha value is -3.15. The fraction of sp³-hybridized carbons (Fsp3) is 0.238. The number of hydrogen-bond acceptors (Lipinski definition) is 5. The lowest BCUT2D eigenvalue weighted by molar-refractivity contribution is -0.136. The standard InChI is InChI=1S/C21H17Cl2F3N6O2/c22-14-6-4-13(5-7-14)19-29-31(20(34)30(19)9-8-21(24,25)26)11-17-27-18(12-33)32(28-17)16-3-1-2-15(23)10-16/h1-7,10,33H,8-9,11-12H2. The highest BCUT2D eigenvalue weighted by molar-refractivity contribution is 6.31. The number of aromatic nitrogens is 6. The van der Waals surface area contributed by atoms with E-state index in [1.807, 2.05) is 0 Å². The summed E-state index contributed by atoms with van der Waals surface area (Å²) in [5.41, 5.74) is 0.218. The van der Waals surface area contributed by atoms with Gasteiger partial charge < -0.3 is 5.11 Å². The Labute approximate surface area is 200 Å². The molecule has 0 aliphatic carbocycles. The Morgan fingerprint density at radius 3 is 2.38 bits per heavy atom. The molecule has 8 nitrogen and oxygen atoms in total. The second-order valence-electron chi connectivity index (χ2n) is 7.28. The summed E-state index contributed by atoms with van der Waals surface area (Å²) in [6, 6.07) is 12.9. The molecule has 0 unspecified atom stereocenters. The third kappa shape index (κ3) is 5.32. The van der Waals surface area contributed by atoms with Gasteiger partial charge in [-0.25, -0.2) is 19.1 Å². The largest absolute Gasteiger partial charge is 0.390 e. The van der Waals surface area contributed by atoms with E-state index >= 15 is 0 Å². The molecule has 2 heterocycles. The van der Waals surface area contributed by atoms with Gasteiger partial charge in [0.05, 0.1) is 12.1 Å². The number of hydrogen-bond donors (Lipinski definition) is 1. The van der Waals surface area contributed by atoms with E-state index in [1.165, 1.54) is 4.68 Å². The van der Waals surface area contributed by atoms with Crippen LogP contribution in [-0.2, 0) is 19.7 Å². The smallest absolute Gasteiger partial charge is 0.388 e. The van der Waals surface area contributed by atoms with Crippen LogP contribution in [-0.4, -0.2) is 40.4 Å². The summed E-state index contributed by atoms with van der Waals surface area (Å²) in [5.74, 6) is 0.386. The number of nitrogens with zero attached hydrogens (tertiary/aromatic N) is 6. The topological polar surface area (TPSA) is 90.8 Å². The van der Waals surface area contributed by atoms with Crippen molar-refractivity contribution < 1.29 is 18.3 Å². The van der Waals surface area contributed by atoms with Crippen LogP contribution in [0.25, 0.3) is 17.1 Å². The maximum Gasteiger partial charge on any atom is 0.390 e. The molecular weight excluding hydrogens is 496 g/mol. The average molecular weight is 513 g/mol. The lowest BCUT2D eigenvalue weighted by atomic mass is 10.2. The minimum absolute atomic E-state index is 0.0579. The van der Waals surface area contributed by atoms with E-state index in [-0.39, 0.29) is 24.0 Å². The Kier molecular flexibility index (Phi) is 6.78. The van der Waals surface area contributed by atoms with Crippen molar-refractivity contribution in [3.05, 3.63) is 80.7 Å². The van der Waals surface area contributed by atoms with Crippen LogP contribution in [0, 0.1) is 0 Å². The van der Waals surface area contributed by atoms with Gasteiger partial charge in [0, 0.05) is 22.2 Å². The van der Waals surface area contributed by atoms with Gasteiger partial charge >= 0.3 is 11.9 Å². The summed E-state index contributed by atoms with van der Waals surface area (Å²) in [6.07, 6.45) is -5.65. The summed E-state index contributed by atoms with van der Waals surface area (Å²) < 4.78 is 41.9. The number of aliphatic hydroxyl groups excluding tert-OH is 1. The molecule has 4 rings (SSSR count). The van der Waals surface area contributed by atoms with E-state index in [0.717, 1.165) is 9.25 Å². The van der Waals surface area contributed by atoms with Crippen molar-refractivity contribution in [2.75, 3.05) is 0 Å². The molecule has 0 atom stereocenters. The first-order valence-corrected chi connectivity index (χ1v) is 10.7. The van der Waals surface area contributed by atoms with E-state index in [1.54, 1.807) is 48.5 Å². The zero-order chi connectivity index (χ0) is 24.5. The summed E-state index contributed by atoms with van der Waals surface area (Å²) in [7, 11) is 0. The van der Waals surface area contributed by atoms with Crippen molar-refractivity contribution in [2.24, 2.45) is 0 Å². The number of benzene rings is 2. The lowest BCUT2D eigenvalue weighted by Gasteiger charge is -2.08. The van der Waals surface area contributed by atoms with Crippen molar-refractivity contribution in [1.82, 2.24) is 29.1 Å². The van der Waals surface area contributed by atoms with E-state index in [2.05, 4.69) is 15.2 Å². The molecule has 0 aliphatic rings. The van der Waals surface area contributed by atoms with E-state index < -0.39 is 31.4 Å². The predicted molar refractivity (Wildman–Crippen MR) is 119 cm³/mol. The first-order valence-electron chi connectivity index (χ1n) is 9.96. The fourth-order valence-electron chi connectivity index (χ4n) is 3.31. The third-order valence-corrected chi connectivity index (χ3v) is 5.33. The monoisotopic (exact) mass is 512 g/mol. The van der Waals surface area contributed by atoms with Gasteiger partial charge in [0.15, 0.2) is 17.5 Å². The third-order valence-electron chi connectivity index (χ3n) is 4.85. The molecule has 0 aliphatic heterocycles. The maximum atomic E-state index is 13.0. The molecule has 0 amide bonds. The summed E-state index contributed by atoms with van der Waals surface area (Å²) in [5, 5.41) is 19.1. The molecule has 0 saturated carbocycles. The molecule has 4 aromatic rings. The summed E-state index contributed by atoms with van der Waals surface area (Å²) in [4.78, 5) is 17.2. The van der Waals surface area contributed by atoms with Crippen molar-refractivity contribution in [3.8, 4) is 17.1 Å². The number of rotatable bonds is 7. The van der Waals surface area contributed by atoms with Gasteiger partial charge in [0.25, 0.3) is 0 Å². The molecule has 0 radical (unpaired) electrons. The number of halogens is 5. The van der Waals surface area contributed by atoms with Crippen LogP contribution >= 0.6 is 23.2 Å². The quantitative estimate of drug-likeness (QED) is 0.402. The highest BCUT2D eigenvalue weighted by Gasteiger charge is 2.28. The van der Waals surface area contributed by atoms with Gasteiger partial charge in [-0.15, -0.1) is 10.2 Å². The molecule has 13 heteroatoms. The zero-order valence-corrected chi connectivity index (χ0v) is 18.9. The van der Waals surface area contributed by atoms with Crippen LogP contribution in [0.15, 0.2) is 53.3 Å². The van der Waals surface area contributed by atoms with Crippen LogP contribution in [0.2, 0.25) is 10.0 Å². The maximum absolute atomic E-state index is 13.0. The van der Waals surface area contributed by atoms with Crippen LogP contribution in [0.3, 0.4) is 0 Å². The Bertz CT molecular complexity index is 1360. The Morgan fingerprint density at radius 1 is 1.00 bits per heavy atom. The highest BCUT2D eigenvalue weighted by Crippen LogP contribution is 2.23. The van der Waals surface area contributed by atoms with Gasteiger partial charge in [0.1, 0.15) is 13.2 Å². The second kappa shape index (κ2) is 9.61. The van der Waals surface area contributed by atoms with Crippen molar-refractivity contribution in [2.45, 2.75) is 32.3 Å². The number of aliphatic hydroxyl groups is 1. The molecule has 0 fully saturated rings. The summed E-state index contributed by atoms with van der Waals surface area (Å²) in [6.45, 7) is -1.27. The Balaban J connectivity index is 1.72. The zero-order valence-electron chi connectivity index (χ0n) is 17.4. The van der Waals surface area contributed by atoms with E-state index in [0.29, 0.717) is 21.3 Å². The first-order chi connectivity index (χ1) is 16.1. The van der Waals surface area contributed by atoms with Crippen LogP contribution < -0.4 is 5.69 Å². The lowest BCUT2D eigenvalue weighted by Crippen LogP contribution is -2.27. The Morgan fingerprint density at radius 2 is 1.74 bits per heavy atom. The second-order valence-corrected chi connectivity index (χ2v) is 8.15. The molecule has 2 aromatic carbocycles. The van der Waals surface area contributed by atoms with Gasteiger partial charge in [-0.2, -0.15) is 13.2 Å². The van der Waals surface area contributed by atoms with Crippen molar-refractivity contribution in [3.63, 3.8) is 0 Å². The molecule has 0 spiro atoms.